The second kappa shape index (κ2) is 5.21. The van der Waals surface area contributed by atoms with Crippen LogP contribution in [0.2, 0.25) is 0 Å². The van der Waals surface area contributed by atoms with E-state index >= 15 is 0 Å². The molecule has 0 spiro atoms. The Bertz CT molecular complexity index is 604. The van der Waals surface area contributed by atoms with E-state index < -0.39 is 0 Å². The van der Waals surface area contributed by atoms with Gasteiger partial charge in [-0.05, 0) is 31.5 Å². The van der Waals surface area contributed by atoms with Crippen molar-refractivity contribution in [3.05, 3.63) is 40.3 Å². The van der Waals surface area contributed by atoms with Crippen LogP contribution < -0.4 is 10.6 Å². The van der Waals surface area contributed by atoms with E-state index in [9.17, 15) is 4.79 Å². The molecule has 0 fully saturated rings. The molecule has 0 unspecified atom stereocenters. The molecular weight excluding hydrogens is 226 g/mol. The van der Waals surface area contributed by atoms with Gasteiger partial charge in [-0.1, -0.05) is 13.3 Å². The minimum absolute atomic E-state index is 0.0485. The maximum atomic E-state index is 12.5. The molecule has 0 aliphatic carbocycles. The first-order valence-electron chi connectivity index (χ1n) is 6.40. The van der Waals surface area contributed by atoms with E-state index in [1.807, 2.05) is 37.2 Å². The van der Waals surface area contributed by atoms with Crippen LogP contribution in [0.25, 0.3) is 11.0 Å². The highest BCUT2D eigenvalue weighted by molar-refractivity contribution is 5.75. The number of rotatable bonds is 4. The summed E-state index contributed by atoms with van der Waals surface area (Å²) in [4.78, 5) is 16.8. The van der Waals surface area contributed by atoms with Crippen LogP contribution in [0.3, 0.4) is 0 Å². The quantitative estimate of drug-likeness (QED) is 0.826. The molecule has 0 N–H and O–H groups in total. The molecule has 2 aromatic heterocycles. The SMILES string of the molecule is CCCc1cc2cccnc2n(N(C)CC)c1=O. The lowest BCUT2D eigenvalue weighted by Gasteiger charge is -2.22. The van der Waals surface area contributed by atoms with Crippen molar-refractivity contribution < 1.29 is 0 Å². The Kier molecular flexibility index (Phi) is 3.65. The topological polar surface area (TPSA) is 38.1 Å². The van der Waals surface area contributed by atoms with Gasteiger partial charge in [0.2, 0.25) is 0 Å². The van der Waals surface area contributed by atoms with Gasteiger partial charge in [-0.15, -0.1) is 0 Å². The van der Waals surface area contributed by atoms with Crippen LogP contribution in [0.15, 0.2) is 29.2 Å². The number of nitrogens with zero attached hydrogens (tertiary/aromatic N) is 3. The Balaban J connectivity index is 2.77. The summed E-state index contributed by atoms with van der Waals surface area (Å²) in [5.41, 5.74) is 1.64. The van der Waals surface area contributed by atoms with Gasteiger partial charge in [0.25, 0.3) is 5.56 Å². The average Bonchev–Trinajstić information content (AvgIpc) is 2.39. The monoisotopic (exact) mass is 245 g/mol. The molecule has 0 atom stereocenters. The van der Waals surface area contributed by atoms with E-state index in [2.05, 4.69) is 11.9 Å². The van der Waals surface area contributed by atoms with Gasteiger partial charge >= 0.3 is 0 Å². The summed E-state index contributed by atoms with van der Waals surface area (Å²) >= 11 is 0. The Morgan fingerprint density at radius 2 is 2.17 bits per heavy atom. The molecule has 2 aromatic rings. The van der Waals surface area contributed by atoms with E-state index in [-0.39, 0.29) is 5.56 Å². The third-order valence-electron chi connectivity index (χ3n) is 3.13. The fraction of sp³-hybridized carbons (Fsp3) is 0.429. The van der Waals surface area contributed by atoms with Gasteiger partial charge in [0.1, 0.15) is 0 Å². The highest BCUT2D eigenvalue weighted by Crippen LogP contribution is 2.11. The highest BCUT2D eigenvalue weighted by Gasteiger charge is 2.11. The van der Waals surface area contributed by atoms with E-state index in [0.717, 1.165) is 36.0 Å². The van der Waals surface area contributed by atoms with Crippen molar-refractivity contribution in [3.63, 3.8) is 0 Å². The maximum Gasteiger partial charge on any atom is 0.274 e. The molecule has 0 amide bonds. The Morgan fingerprint density at radius 1 is 1.39 bits per heavy atom. The lowest BCUT2D eigenvalue weighted by molar-refractivity contribution is 0.656. The summed E-state index contributed by atoms with van der Waals surface area (Å²) in [5, 5.41) is 2.91. The standard InChI is InChI=1S/C14H19N3O/c1-4-7-12-10-11-8-6-9-15-13(11)17(14(12)18)16(3)5-2/h6,8-10H,4-5,7H2,1-3H3. The molecular formula is C14H19N3O. The first kappa shape index (κ1) is 12.6. The van der Waals surface area contributed by atoms with Gasteiger partial charge < -0.3 is 5.01 Å². The molecule has 0 bridgehead atoms. The van der Waals surface area contributed by atoms with Crippen molar-refractivity contribution in [1.82, 2.24) is 9.66 Å². The van der Waals surface area contributed by atoms with Gasteiger partial charge in [-0.2, -0.15) is 0 Å². The van der Waals surface area contributed by atoms with E-state index in [1.165, 1.54) is 0 Å². The van der Waals surface area contributed by atoms with Crippen molar-refractivity contribution in [2.45, 2.75) is 26.7 Å². The van der Waals surface area contributed by atoms with E-state index in [0.29, 0.717) is 0 Å². The van der Waals surface area contributed by atoms with E-state index in [1.54, 1.807) is 10.9 Å². The second-order valence-electron chi connectivity index (χ2n) is 4.43. The second-order valence-corrected chi connectivity index (χ2v) is 4.43. The van der Waals surface area contributed by atoms with Crippen LogP contribution >= 0.6 is 0 Å². The summed E-state index contributed by atoms with van der Waals surface area (Å²) in [6.45, 7) is 4.87. The van der Waals surface area contributed by atoms with Crippen molar-refractivity contribution in [2.75, 3.05) is 18.6 Å². The maximum absolute atomic E-state index is 12.5. The van der Waals surface area contributed by atoms with Gasteiger partial charge in [0, 0.05) is 30.7 Å². The summed E-state index contributed by atoms with van der Waals surface area (Å²) < 4.78 is 1.68. The molecule has 0 aromatic carbocycles. The van der Waals surface area contributed by atoms with Crippen LogP contribution in [0.1, 0.15) is 25.8 Å². The molecule has 2 heterocycles. The average molecular weight is 245 g/mol. The molecule has 0 aliphatic rings. The predicted molar refractivity (Wildman–Crippen MR) is 74.7 cm³/mol. The van der Waals surface area contributed by atoms with Crippen LogP contribution in [0.4, 0.5) is 0 Å². The van der Waals surface area contributed by atoms with Crippen molar-refractivity contribution in [1.29, 1.82) is 0 Å². The molecule has 0 saturated heterocycles. The highest BCUT2D eigenvalue weighted by atomic mass is 16.1. The van der Waals surface area contributed by atoms with Gasteiger partial charge in [-0.3, -0.25) is 4.79 Å². The molecule has 18 heavy (non-hydrogen) atoms. The Morgan fingerprint density at radius 3 is 2.83 bits per heavy atom. The smallest absolute Gasteiger partial charge is 0.274 e. The molecule has 0 radical (unpaired) electrons. The molecule has 4 heteroatoms. The molecule has 96 valence electrons. The summed E-state index contributed by atoms with van der Waals surface area (Å²) in [6, 6.07) is 5.87. The predicted octanol–water partition coefficient (Wildman–Crippen LogP) is 1.94. The number of aromatic nitrogens is 2. The zero-order valence-corrected chi connectivity index (χ0v) is 11.2. The first-order valence-corrected chi connectivity index (χ1v) is 6.40. The number of hydrogen-bond acceptors (Lipinski definition) is 3. The van der Waals surface area contributed by atoms with Gasteiger partial charge in [-0.25, -0.2) is 9.66 Å². The summed E-state index contributed by atoms with van der Waals surface area (Å²) in [7, 11) is 1.91. The van der Waals surface area contributed by atoms with Crippen molar-refractivity contribution in [2.24, 2.45) is 0 Å². The van der Waals surface area contributed by atoms with Crippen LogP contribution in [-0.2, 0) is 6.42 Å². The molecule has 0 saturated carbocycles. The number of pyridine rings is 2. The van der Waals surface area contributed by atoms with Crippen molar-refractivity contribution >= 4 is 11.0 Å². The minimum atomic E-state index is 0.0485. The molecule has 2 rings (SSSR count). The number of aryl methyl sites for hydroxylation is 1. The lowest BCUT2D eigenvalue weighted by Crippen LogP contribution is -2.40. The molecule has 4 nitrogen and oxygen atoms in total. The minimum Gasteiger partial charge on any atom is -0.311 e. The van der Waals surface area contributed by atoms with Crippen LogP contribution in [-0.4, -0.2) is 23.3 Å². The van der Waals surface area contributed by atoms with Gasteiger partial charge in [0.15, 0.2) is 5.65 Å². The normalized spacial score (nSPS) is 10.8. The zero-order valence-electron chi connectivity index (χ0n) is 11.2. The largest absolute Gasteiger partial charge is 0.311 e. The Hall–Kier alpha value is -1.84. The zero-order chi connectivity index (χ0) is 13.1. The van der Waals surface area contributed by atoms with Crippen LogP contribution in [0, 0.1) is 0 Å². The lowest BCUT2D eigenvalue weighted by atomic mass is 10.1. The number of hydrogen-bond donors (Lipinski definition) is 0. The van der Waals surface area contributed by atoms with E-state index in [4.69, 9.17) is 0 Å². The Labute approximate surface area is 107 Å². The molecule has 0 aliphatic heterocycles. The third-order valence-corrected chi connectivity index (χ3v) is 3.13. The third kappa shape index (κ3) is 2.10. The summed E-state index contributed by atoms with van der Waals surface area (Å²) in [6.07, 6.45) is 3.50. The fourth-order valence-corrected chi connectivity index (χ4v) is 2.09. The fourth-order valence-electron chi connectivity index (χ4n) is 2.09. The summed E-state index contributed by atoms with van der Waals surface area (Å²) in [5.74, 6) is 0. The van der Waals surface area contributed by atoms with Gasteiger partial charge in [0.05, 0.1) is 0 Å². The van der Waals surface area contributed by atoms with Crippen LogP contribution in [0.5, 0.6) is 0 Å². The first-order chi connectivity index (χ1) is 8.69. The number of fused-ring (bicyclic) bond motifs is 1. The van der Waals surface area contributed by atoms with Crippen molar-refractivity contribution in [3.8, 4) is 0 Å².